The van der Waals surface area contributed by atoms with Gasteiger partial charge >= 0.3 is 0 Å². The summed E-state index contributed by atoms with van der Waals surface area (Å²) in [6.07, 6.45) is 0.848. The number of carbonyl (C=O) groups excluding carboxylic acids is 2. The summed E-state index contributed by atoms with van der Waals surface area (Å²) in [7, 11) is 0. The first-order chi connectivity index (χ1) is 13.2. The Bertz CT molecular complexity index is 794. The number of nitrogens with zero attached hydrogens (tertiary/aromatic N) is 1. The van der Waals surface area contributed by atoms with Crippen molar-refractivity contribution in [1.29, 1.82) is 0 Å². The molecule has 2 amide bonds. The van der Waals surface area contributed by atoms with E-state index in [0.29, 0.717) is 13.0 Å². The second-order valence-corrected chi connectivity index (χ2v) is 8.27. The smallest absolute Gasteiger partial charge is 0.243 e. The molecule has 1 N–H and O–H groups in total. The highest BCUT2D eigenvalue weighted by molar-refractivity contribution is 5.88. The van der Waals surface area contributed by atoms with Crippen molar-refractivity contribution in [2.24, 2.45) is 0 Å². The van der Waals surface area contributed by atoms with Crippen molar-refractivity contribution in [2.45, 2.75) is 65.6 Å². The fourth-order valence-electron chi connectivity index (χ4n) is 3.22. The van der Waals surface area contributed by atoms with E-state index in [1.165, 1.54) is 0 Å². The van der Waals surface area contributed by atoms with Crippen LogP contribution in [0.4, 0.5) is 0 Å². The molecule has 0 radical (unpaired) electrons. The molecule has 0 saturated carbocycles. The highest BCUT2D eigenvalue weighted by Gasteiger charge is 2.30. The van der Waals surface area contributed by atoms with Crippen molar-refractivity contribution < 1.29 is 9.59 Å². The zero-order valence-electron chi connectivity index (χ0n) is 17.7. The maximum Gasteiger partial charge on any atom is 0.243 e. The predicted molar refractivity (Wildman–Crippen MR) is 114 cm³/mol. The Morgan fingerprint density at radius 2 is 1.61 bits per heavy atom. The molecule has 28 heavy (non-hydrogen) atoms. The summed E-state index contributed by atoms with van der Waals surface area (Å²) in [5, 5.41) is 3.04. The lowest BCUT2D eigenvalue weighted by atomic mass is 10.0. The van der Waals surface area contributed by atoms with E-state index in [9.17, 15) is 9.59 Å². The van der Waals surface area contributed by atoms with Gasteiger partial charge in [0.05, 0.1) is 6.42 Å². The van der Waals surface area contributed by atoms with E-state index >= 15 is 0 Å². The average molecular weight is 381 g/mol. The maximum atomic E-state index is 13.2. The zero-order chi connectivity index (χ0) is 20.7. The Labute approximate surface area is 169 Å². The van der Waals surface area contributed by atoms with Gasteiger partial charge in [-0.2, -0.15) is 0 Å². The van der Waals surface area contributed by atoms with Crippen LogP contribution in [-0.2, 0) is 22.6 Å². The largest absolute Gasteiger partial charge is 0.350 e. The molecule has 0 fully saturated rings. The van der Waals surface area contributed by atoms with Crippen LogP contribution in [0.15, 0.2) is 54.6 Å². The minimum Gasteiger partial charge on any atom is -0.350 e. The van der Waals surface area contributed by atoms with E-state index in [4.69, 9.17) is 0 Å². The van der Waals surface area contributed by atoms with Gasteiger partial charge in [-0.05, 0) is 50.8 Å². The summed E-state index contributed by atoms with van der Waals surface area (Å²) in [6.45, 7) is 10.3. The Balaban J connectivity index is 2.32. The van der Waals surface area contributed by atoms with Crippen molar-refractivity contribution in [3.63, 3.8) is 0 Å². The SMILES string of the molecule is CC[C@@H](C(=O)NC(C)(C)C)N(Cc1ccccc1C)C(=O)Cc1ccccc1. The molecule has 2 aromatic carbocycles. The van der Waals surface area contributed by atoms with Crippen LogP contribution in [0.1, 0.15) is 50.8 Å². The van der Waals surface area contributed by atoms with Gasteiger partial charge in [0.25, 0.3) is 0 Å². The average Bonchev–Trinajstić information content (AvgIpc) is 2.62. The third kappa shape index (κ3) is 6.22. The fourth-order valence-corrected chi connectivity index (χ4v) is 3.22. The van der Waals surface area contributed by atoms with Crippen LogP contribution in [0.25, 0.3) is 0 Å². The van der Waals surface area contributed by atoms with Gasteiger partial charge in [-0.15, -0.1) is 0 Å². The maximum absolute atomic E-state index is 13.2. The molecule has 1 atom stereocenters. The Morgan fingerprint density at radius 3 is 2.18 bits per heavy atom. The number of nitrogens with one attached hydrogen (secondary N) is 1. The first-order valence-corrected chi connectivity index (χ1v) is 9.91. The number of rotatable bonds is 7. The Kier molecular flexibility index (Phi) is 7.38. The normalized spacial score (nSPS) is 12.3. The summed E-state index contributed by atoms with van der Waals surface area (Å²) < 4.78 is 0. The third-order valence-electron chi connectivity index (χ3n) is 4.68. The number of carbonyl (C=O) groups is 2. The third-order valence-corrected chi connectivity index (χ3v) is 4.68. The molecule has 0 bridgehead atoms. The summed E-state index contributed by atoms with van der Waals surface area (Å²) in [6, 6.07) is 17.2. The molecule has 2 rings (SSSR count). The van der Waals surface area contributed by atoms with Gasteiger partial charge in [0, 0.05) is 12.1 Å². The van der Waals surface area contributed by atoms with Gasteiger partial charge in [0.1, 0.15) is 6.04 Å². The van der Waals surface area contributed by atoms with E-state index < -0.39 is 6.04 Å². The van der Waals surface area contributed by atoms with Gasteiger partial charge in [-0.1, -0.05) is 61.5 Å². The minimum atomic E-state index is -0.505. The first kappa shape index (κ1) is 21.7. The van der Waals surface area contributed by atoms with E-state index in [2.05, 4.69) is 5.32 Å². The molecule has 0 spiro atoms. The van der Waals surface area contributed by atoms with Gasteiger partial charge in [0.15, 0.2) is 0 Å². The molecular formula is C24H32N2O2. The van der Waals surface area contributed by atoms with E-state index in [0.717, 1.165) is 16.7 Å². The van der Waals surface area contributed by atoms with Crippen LogP contribution in [0, 0.1) is 6.92 Å². The zero-order valence-corrected chi connectivity index (χ0v) is 17.7. The van der Waals surface area contributed by atoms with Crippen molar-refractivity contribution in [2.75, 3.05) is 0 Å². The molecule has 0 aliphatic carbocycles. The molecule has 150 valence electrons. The number of benzene rings is 2. The van der Waals surface area contributed by atoms with Crippen molar-refractivity contribution >= 4 is 11.8 Å². The number of hydrogen-bond acceptors (Lipinski definition) is 2. The van der Waals surface area contributed by atoms with Crippen LogP contribution in [0.2, 0.25) is 0 Å². The number of aryl methyl sites for hydroxylation is 1. The van der Waals surface area contributed by atoms with Crippen molar-refractivity contribution in [1.82, 2.24) is 10.2 Å². The van der Waals surface area contributed by atoms with Crippen LogP contribution < -0.4 is 5.32 Å². The van der Waals surface area contributed by atoms with Crippen LogP contribution in [0.5, 0.6) is 0 Å². The van der Waals surface area contributed by atoms with Crippen LogP contribution in [0.3, 0.4) is 0 Å². The monoisotopic (exact) mass is 380 g/mol. The second-order valence-electron chi connectivity index (χ2n) is 8.27. The molecule has 0 aromatic heterocycles. The van der Waals surface area contributed by atoms with Crippen molar-refractivity contribution in [3.8, 4) is 0 Å². The van der Waals surface area contributed by atoms with E-state index in [-0.39, 0.29) is 23.8 Å². The Morgan fingerprint density at radius 1 is 1.00 bits per heavy atom. The summed E-state index contributed by atoms with van der Waals surface area (Å²) >= 11 is 0. The molecule has 0 aliphatic heterocycles. The number of amides is 2. The quantitative estimate of drug-likeness (QED) is 0.780. The summed E-state index contributed by atoms with van der Waals surface area (Å²) in [4.78, 5) is 27.9. The summed E-state index contributed by atoms with van der Waals surface area (Å²) in [5.41, 5.74) is 2.78. The molecule has 0 aliphatic rings. The molecule has 4 heteroatoms. The lowest BCUT2D eigenvalue weighted by Crippen LogP contribution is -2.53. The lowest BCUT2D eigenvalue weighted by Gasteiger charge is -2.33. The molecule has 4 nitrogen and oxygen atoms in total. The van der Waals surface area contributed by atoms with Gasteiger partial charge < -0.3 is 10.2 Å². The van der Waals surface area contributed by atoms with Crippen molar-refractivity contribution in [3.05, 3.63) is 71.3 Å². The van der Waals surface area contributed by atoms with Crippen LogP contribution in [-0.4, -0.2) is 28.3 Å². The second kappa shape index (κ2) is 9.54. The highest BCUT2D eigenvalue weighted by atomic mass is 16.2. The molecule has 0 saturated heterocycles. The van der Waals surface area contributed by atoms with Crippen LogP contribution >= 0.6 is 0 Å². The molecule has 0 unspecified atom stereocenters. The van der Waals surface area contributed by atoms with Gasteiger partial charge in [0.2, 0.25) is 11.8 Å². The topological polar surface area (TPSA) is 49.4 Å². The lowest BCUT2D eigenvalue weighted by molar-refractivity contribution is -0.141. The van der Waals surface area contributed by atoms with E-state index in [1.807, 2.05) is 89.2 Å². The molecule has 2 aromatic rings. The minimum absolute atomic E-state index is 0.0367. The van der Waals surface area contributed by atoms with Gasteiger partial charge in [-0.3, -0.25) is 9.59 Å². The fraction of sp³-hybridized carbons (Fsp3) is 0.417. The Hall–Kier alpha value is -2.62. The van der Waals surface area contributed by atoms with E-state index in [1.54, 1.807) is 4.90 Å². The predicted octanol–water partition coefficient (Wildman–Crippen LogP) is 4.26. The molecule has 0 heterocycles. The molecular weight excluding hydrogens is 348 g/mol. The standard InChI is InChI=1S/C24H32N2O2/c1-6-21(23(28)25-24(3,4)5)26(17-20-15-11-10-12-18(20)2)22(27)16-19-13-8-7-9-14-19/h7-15,21H,6,16-17H2,1-5H3,(H,25,28)/t21-/m0/s1. The van der Waals surface area contributed by atoms with Gasteiger partial charge in [-0.25, -0.2) is 0 Å². The first-order valence-electron chi connectivity index (χ1n) is 9.91. The summed E-state index contributed by atoms with van der Waals surface area (Å²) in [5.74, 6) is -0.143. The highest BCUT2D eigenvalue weighted by Crippen LogP contribution is 2.17. The number of hydrogen-bond donors (Lipinski definition) is 1.